The van der Waals surface area contributed by atoms with Crippen molar-refractivity contribution in [3.05, 3.63) is 75.8 Å². The highest BCUT2D eigenvalue weighted by Crippen LogP contribution is 2.31. The number of aromatic amines is 1. The monoisotopic (exact) mass is 426 g/mol. The van der Waals surface area contributed by atoms with Gasteiger partial charge in [0, 0.05) is 36.8 Å². The number of halogens is 1. The lowest BCUT2D eigenvalue weighted by Gasteiger charge is -2.33. The number of amides is 2. The summed E-state index contributed by atoms with van der Waals surface area (Å²) >= 11 is 6.42. The first-order valence-corrected chi connectivity index (χ1v) is 9.77. The van der Waals surface area contributed by atoms with Crippen LogP contribution in [0.5, 0.6) is 0 Å². The molecule has 2 aromatic carbocycles. The van der Waals surface area contributed by atoms with Crippen LogP contribution in [0.2, 0.25) is 5.02 Å². The molecule has 3 aromatic rings. The van der Waals surface area contributed by atoms with Crippen molar-refractivity contribution < 1.29 is 14.7 Å². The summed E-state index contributed by atoms with van der Waals surface area (Å²) in [5.41, 5.74) is 1.20. The van der Waals surface area contributed by atoms with Crippen molar-refractivity contribution in [3.8, 4) is 16.9 Å². The summed E-state index contributed by atoms with van der Waals surface area (Å²) in [6.07, 6.45) is -1.01. The summed E-state index contributed by atoms with van der Waals surface area (Å²) in [6.45, 7) is 0.912. The maximum absolute atomic E-state index is 13.3. The number of carbonyl (C=O) groups is 2. The first-order valence-electron chi connectivity index (χ1n) is 9.40. The first-order chi connectivity index (χ1) is 14.5. The van der Waals surface area contributed by atoms with E-state index >= 15 is 0 Å². The molecule has 0 saturated carbocycles. The molecule has 30 heavy (non-hydrogen) atoms. The average Bonchev–Trinajstić information content (AvgIpc) is 3.11. The minimum absolute atomic E-state index is 0.126. The van der Waals surface area contributed by atoms with Crippen LogP contribution in [-0.2, 0) is 0 Å². The van der Waals surface area contributed by atoms with E-state index in [2.05, 4.69) is 4.98 Å². The highest BCUT2D eigenvalue weighted by Gasteiger charge is 2.30. The highest BCUT2D eigenvalue weighted by atomic mass is 35.5. The van der Waals surface area contributed by atoms with E-state index in [1.54, 1.807) is 53.4 Å². The molecule has 0 unspecified atom stereocenters. The van der Waals surface area contributed by atoms with Crippen LogP contribution in [0.1, 0.15) is 10.5 Å². The van der Waals surface area contributed by atoms with Gasteiger partial charge in [-0.3, -0.25) is 9.36 Å². The molecule has 0 atom stereocenters. The number of hydrogen-bond acceptors (Lipinski definition) is 3. The average molecular weight is 427 g/mol. The fourth-order valence-electron chi connectivity index (χ4n) is 3.58. The summed E-state index contributed by atoms with van der Waals surface area (Å²) in [5, 5.41) is 9.53. The Morgan fingerprint density at radius 1 is 0.900 bits per heavy atom. The van der Waals surface area contributed by atoms with Gasteiger partial charge in [0.15, 0.2) is 0 Å². The molecule has 1 fully saturated rings. The first kappa shape index (κ1) is 19.8. The van der Waals surface area contributed by atoms with Gasteiger partial charge in [-0.2, -0.15) is 0 Å². The Kier molecular flexibility index (Phi) is 5.33. The van der Waals surface area contributed by atoms with Crippen LogP contribution in [-0.4, -0.2) is 62.6 Å². The second-order valence-corrected chi connectivity index (χ2v) is 7.27. The molecule has 4 rings (SSSR count). The van der Waals surface area contributed by atoms with E-state index in [1.807, 2.05) is 6.07 Å². The van der Waals surface area contributed by atoms with E-state index < -0.39 is 11.8 Å². The number of nitrogens with one attached hydrogen (secondary N) is 1. The molecule has 1 saturated heterocycles. The molecule has 0 bridgehead atoms. The minimum Gasteiger partial charge on any atom is -0.465 e. The topological polar surface area (TPSA) is 98.6 Å². The Bertz CT molecular complexity index is 1150. The number of carboxylic acid groups (broad SMARTS) is 1. The van der Waals surface area contributed by atoms with Crippen LogP contribution in [0.15, 0.2) is 59.4 Å². The van der Waals surface area contributed by atoms with Crippen molar-refractivity contribution in [1.29, 1.82) is 0 Å². The molecule has 1 aliphatic heterocycles. The zero-order valence-corrected chi connectivity index (χ0v) is 16.7. The fraction of sp³-hybridized carbons (Fsp3) is 0.190. The number of aromatic nitrogens is 2. The van der Waals surface area contributed by atoms with Crippen LogP contribution in [0.4, 0.5) is 4.79 Å². The standard InChI is InChI=1S/C21H19ClN4O4/c22-16-9-5-4-8-15(16)18-17(19(27)24-10-12-25(13-11-24)21(29)30)23-20(28)26(18)14-6-2-1-3-7-14/h1-9H,10-13H2,(H,23,28)(H,29,30). The largest absolute Gasteiger partial charge is 0.465 e. The molecule has 0 spiro atoms. The summed E-state index contributed by atoms with van der Waals surface area (Å²) in [6, 6.07) is 16.0. The van der Waals surface area contributed by atoms with E-state index in [9.17, 15) is 14.4 Å². The Balaban J connectivity index is 1.81. The van der Waals surface area contributed by atoms with Gasteiger partial charge in [-0.05, 0) is 18.2 Å². The zero-order valence-electron chi connectivity index (χ0n) is 15.9. The molecule has 8 nitrogen and oxygen atoms in total. The van der Waals surface area contributed by atoms with Crippen LogP contribution < -0.4 is 5.69 Å². The minimum atomic E-state index is -1.01. The Morgan fingerprint density at radius 2 is 1.50 bits per heavy atom. The van der Waals surface area contributed by atoms with Gasteiger partial charge >= 0.3 is 11.8 Å². The smallest absolute Gasteiger partial charge is 0.407 e. The van der Waals surface area contributed by atoms with E-state index in [4.69, 9.17) is 16.7 Å². The van der Waals surface area contributed by atoms with Gasteiger partial charge in [0.25, 0.3) is 5.91 Å². The maximum atomic E-state index is 13.3. The Labute approximate surface area is 176 Å². The summed E-state index contributed by atoms with van der Waals surface area (Å²) in [7, 11) is 0. The van der Waals surface area contributed by atoms with Crippen molar-refractivity contribution in [1.82, 2.24) is 19.4 Å². The predicted octanol–water partition coefficient (Wildman–Crippen LogP) is 2.92. The Morgan fingerprint density at radius 3 is 2.13 bits per heavy atom. The number of nitrogens with zero attached hydrogens (tertiary/aromatic N) is 3. The lowest BCUT2D eigenvalue weighted by molar-refractivity contribution is 0.0620. The van der Waals surface area contributed by atoms with Gasteiger partial charge in [0.05, 0.1) is 11.4 Å². The SMILES string of the molecule is O=C(O)N1CCN(C(=O)c2[nH]c(=O)n(-c3ccccc3)c2-c2ccccc2Cl)CC1. The van der Waals surface area contributed by atoms with Gasteiger partial charge in [0.1, 0.15) is 5.69 Å². The van der Waals surface area contributed by atoms with E-state index in [1.165, 1.54) is 9.47 Å². The highest BCUT2D eigenvalue weighted by molar-refractivity contribution is 6.33. The predicted molar refractivity (Wildman–Crippen MR) is 112 cm³/mol. The normalized spacial score (nSPS) is 14.0. The van der Waals surface area contributed by atoms with Gasteiger partial charge in [-0.1, -0.05) is 48.0 Å². The lowest BCUT2D eigenvalue weighted by atomic mass is 10.1. The molecule has 1 aromatic heterocycles. The lowest BCUT2D eigenvalue weighted by Crippen LogP contribution is -2.50. The summed E-state index contributed by atoms with van der Waals surface area (Å²) < 4.78 is 1.43. The second-order valence-electron chi connectivity index (χ2n) is 6.87. The van der Waals surface area contributed by atoms with Crippen LogP contribution in [0.25, 0.3) is 16.9 Å². The number of para-hydroxylation sites is 1. The molecule has 2 N–H and O–H groups in total. The summed E-state index contributed by atoms with van der Waals surface area (Å²) in [5.74, 6) is -0.373. The molecule has 2 amide bonds. The van der Waals surface area contributed by atoms with Gasteiger partial charge in [0.2, 0.25) is 0 Å². The molecule has 0 aliphatic carbocycles. The van der Waals surface area contributed by atoms with Crippen molar-refractivity contribution in [3.63, 3.8) is 0 Å². The fourth-order valence-corrected chi connectivity index (χ4v) is 3.81. The number of rotatable bonds is 3. The molecule has 154 valence electrons. The zero-order chi connectivity index (χ0) is 21.3. The third-order valence-electron chi connectivity index (χ3n) is 5.09. The molecule has 9 heteroatoms. The van der Waals surface area contributed by atoms with Crippen LogP contribution >= 0.6 is 11.6 Å². The molecule has 1 aliphatic rings. The molecule has 0 radical (unpaired) electrons. The number of H-pyrrole nitrogens is 1. The molecule has 2 heterocycles. The van der Waals surface area contributed by atoms with Gasteiger partial charge in [-0.25, -0.2) is 9.59 Å². The van der Waals surface area contributed by atoms with Crippen molar-refractivity contribution in [2.24, 2.45) is 0 Å². The van der Waals surface area contributed by atoms with Crippen LogP contribution in [0, 0.1) is 0 Å². The van der Waals surface area contributed by atoms with E-state index in [0.717, 1.165) is 0 Å². The summed E-state index contributed by atoms with van der Waals surface area (Å²) in [4.78, 5) is 42.8. The van der Waals surface area contributed by atoms with Crippen LogP contribution in [0.3, 0.4) is 0 Å². The third kappa shape index (κ3) is 3.57. The quantitative estimate of drug-likeness (QED) is 0.672. The van der Waals surface area contributed by atoms with Gasteiger partial charge < -0.3 is 19.9 Å². The number of benzene rings is 2. The third-order valence-corrected chi connectivity index (χ3v) is 5.42. The van der Waals surface area contributed by atoms with E-state index in [-0.39, 0.29) is 37.8 Å². The van der Waals surface area contributed by atoms with E-state index in [0.29, 0.717) is 22.0 Å². The second kappa shape index (κ2) is 8.08. The van der Waals surface area contributed by atoms with Crippen molar-refractivity contribution >= 4 is 23.6 Å². The van der Waals surface area contributed by atoms with Gasteiger partial charge in [-0.15, -0.1) is 0 Å². The van der Waals surface area contributed by atoms with Crippen molar-refractivity contribution in [2.75, 3.05) is 26.2 Å². The molecular weight excluding hydrogens is 408 g/mol. The molecular formula is C21H19ClN4O4. The number of imidazole rings is 1. The van der Waals surface area contributed by atoms with Crippen molar-refractivity contribution in [2.45, 2.75) is 0 Å². The Hall–Kier alpha value is -3.52. The number of carbonyl (C=O) groups excluding carboxylic acids is 1. The maximum Gasteiger partial charge on any atom is 0.407 e. The number of piperazine rings is 1. The number of hydrogen-bond donors (Lipinski definition) is 2.